The molecule has 0 atom stereocenters. The molecule has 10 heteroatoms. The molecule has 0 unspecified atom stereocenters. The molecule has 4 rings (SSSR count). The second-order valence-corrected chi connectivity index (χ2v) is 8.39. The highest BCUT2D eigenvalue weighted by molar-refractivity contribution is 7.89. The molecule has 1 aromatic heterocycles. The minimum Gasteiger partial charge on any atom is -0.439 e. The van der Waals surface area contributed by atoms with Crippen LogP contribution in [0.5, 0.6) is 0 Å². The molecule has 1 aliphatic rings. The number of piperazine rings is 1. The molecule has 0 radical (unpaired) electrons. The Balaban J connectivity index is 1.45. The maximum atomic E-state index is 12.9. The van der Waals surface area contributed by atoms with Gasteiger partial charge in [0.05, 0.1) is 11.5 Å². The molecule has 0 aliphatic carbocycles. The third-order valence-corrected chi connectivity index (χ3v) is 6.65. The number of hydrogen-bond acceptors (Lipinski definition) is 7. The standard InChI is InChI=1S/C18H18N4O5S/c23-22(24)15-6-2-4-8-17(15)28(25,26)21-11-9-20(10-12-21)13-18-19-14-5-1-3-7-16(14)27-18/h1-8H,9-13H2. The normalized spacial score (nSPS) is 16.4. The lowest BCUT2D eigenvalue weighted by molar-refractivity contribution is -0.387. The fourth-order valence-corrected chi connectivity index (χ4v) is 4.85. The van der Waals surface area contributed by atoms with E-state index in [0.717, 1.165) is 11.1 Å². The van der Waals surface area contributed by atoms with Crippen LogP contribution in [0, 0.1) is 10.1 Å². The van der Waals surface area contributed by atoms with Crippen molar-refractivity contribution in [3.63, 3.8) is 0 Å². The molecule has 2 aromatic carbocycles. The fourth-order valence-electron chi connectivity index (χ4n) is 3.27. The molecule has 1 fully saturated rings. The van der Waals surface area contributed by atoms with E-state index < -0.39 is 20.6 Å². The molecule has 9 nitrogen and oxygen atoms in total. The average molecular weight is 402 g/mol. The van der Waals surface area contributed by atoms with E-state index in [1.807, 2.05) is 24.3 Å². The van der Waals surface area contributed by atoms with Gasteiger partial charge in [-0.3, -0.25) is 15.0 Å². The Morgan fingerprint density at radius 3 is 2.43 bits per heavy atom. The number of nitro benzene ring substituents is 1. The van der Waals surface area contributed by atoms with Gasteiger partial charge in [-0.05, 0) is 18.2 Å². The Morgan fingerprint density at radius 2 is 1.71 bits per heavy atom. The van der Waals surface area contributed by atoms with Crippen LogP contribution in [-0.2, 0) is 16.6 Å². The van der Waals surface area contributed by atoms with Crippen molar-refractivity contribution in [1.82, 2.24) is 14.2 Å². The first kappa shape index (κ1) is 18.5. The van der Waals surface area contributed by atoms with Crippen molar-refractivity contribution >= 4 is 26.8 Å². The number of para-hydroxylation sites is 3. The van der Waals surface area contributed by atoms with E-state index in [-0.39, 0.29) is 18.0 Å². The summed E-state index contributed by atoms with van der Waals surface area (Å²) in [5.41, 5.74) is 1.10. The first-order valence-corrected chi connectivity index (χ1v) is 10.2. The van der Waals surface area contributed by atoms with Gasteiger partial charge in [-0.1, -0.05) is 24.3 Å². The van der Waals surface area contributed by atoms with Crippen molar-refractivity contribution in [1.29, 1.82) is 0 Å². The molecule has 0 bridgehead atoms. The van der Waals surface area contributed by atoms with Gasteiger partial charge in [0.25, 0.3) is 5.69 Å². The van der Waals surface area contributed by atoms with Crippen molar-refractivity contribution in [2.24, 2.45) is 0 Å². The molecule has 0 amide bonds. The number of aromatic nitrogens is 1. The summed E-state index contributed by atoms with van der Waals surface area (Å²) in [7, 11) is -3.93. The lowest BCUT2D eigenvalue weighted by Crippen LogP contribution is -2.48. The number of nitrogens with zero attached hydrogens (tertiary/aromatic N) is 4. The molecule has 0 saturated carbocycles. The molecule has 28 heavy (non-hydrogen) atoms. The van der Waals surface area contributed by atoms with E-state index in [9.17, 15) is 18.5 Å². The van der Waals surface area contributed by atoms with Gasteiger partial charge in [0.2, 0.25) is 15.9 Å². The van der Waals surface area contributed by atoms with Gasteiger partial charge in [0.1, 0.15) is 5.52 Å². The van der Waals surface area contributed by atoms with Crippen LogP contribution in [0.3, 0.4) is 0 Å². The first-order valence-electron chi connectivity index (χ1n) is 8.75. The molecule has 1 saturated heterocycles. The highest BCUT2D eigenvalue weighted by atomic mass is 32.2. The molecule has 146 valence electrons. The largest absolute Gasteiger partial charge is 0.439 e. The lowest BCUT2D eigenvalue weighted by Gasteiger charge is -2.33. The number of fused-ring (bicyclic) bond motifs is 1. The Kier molecular flexibility index (Phi) is 4.84. The number of sulfonamides is 1. The van der Waals surface area contributed by atoms with Crippen molar-refractivity contribution in [3.05, 3.63) is 64.5 Å². The SMILES string of the molecule is O=[N+]([O-])c1ccccc1S(=O)(=O)N1CCN(Cc2nc3ccccc3o2)CC1. The quantitative estimate of drug-likeness (QED) is 0.475. The zero-order chi connectivity index (χ0) is 19.7. The van der Waals surface area contributed by atoms with Crippen LogP contribution in [-0.4, -0.2) is 53.7 Å². The van der Waals surface area contributed by atoms with Crippen LogP contribution >= 0.6 is 0 Å². The Labute approximate surface area is 161 Å². The average Bonchev–Trinajstić information content (AvgIpc) is 3.10. The fraction of sp³-hybridized carbons (Fsp3) is 0.278. The van der Waals surface area contributed by atoms with Gasteiger partial charge in [-0.15, -0.1) is 0 Å². The summed E-state index contributed by atoms with van der Waals surface area (Å²) in [6.45, 7) is 1.94. The zero-order valence-electron chi connectivity index (χ0n) is 14.9. The van der Waals surface area contributed by atoms with Gasteiger partial charge < -0.3 is 4.42 Å². The van der Waals surface area contributed by atoms with Crippen LogP contribution in [0.15, 0.2) is 57.8 Å². The topological polar surface area (TPSA) is 110 Å². The molecule has 3 aromatic rings. The van der Waals surface area contributed by atoms with Crippen LogP contribution in [0.25, 0.3) is 11.1 Å². The smallest absolute Gasteiger partial charge is 0.289 e. The van der Waals surface area contributed by atoms with E-state index >= 15 is 0 Å². The molecule has 0 spiro atoms. The molecular formula is C18H18N4O5S. The summed E-state index contributed by atoms with van der Waals surface area (Å²) in [5, 5.41) is 11.2. The highest BCUT2D eigenvalue weighted by Crippen LogP contribution is 2.27. The van der Waals surface area contributed by atoms with Gasteiger partial charge in [0, 0.05) is 32.2 Å². The predicted octanol–water partition coefficient (Wildman–Crippen LogP) is 2.24. The second kappa shape index (κ2) is 7.30. The number of nitro groups is 1. The minimum absolute atomic E-state index is 0.245. The Hall–Kier alpha value is -2.82. The second-order valence-electron chi connectivity index (χ2n) is 6.48. The summed E-state index contributed by atoms with van der Waals surface area (Å²) < 4.78 is 32.7. The summed E-state index contributed by atoms with van der Waals surface area (Å²) in [6.07, 6.45) is 0. The lowest BCUT2D eigenvalue weighted by atomic mass is 10.3. The van der Waals surface area contributed by atoms with Crippen molar-refractivity contribution < 1.29 is 17.8 Å². The predicted molar refractivity (Wildman–Crippen MR) is 101 cm³/mol. The number of oxazole rings is 1. The van der Waals surface area contributed by atoms with Crippen LogP contribution < -0.4 is 0 Å². The van der Waals surface area contributed by atoms with Crippen LogP contribution in [0.1, 0.15) is 5.89 Å². The Bertz CT molecular complexity index is 1090. The monoisotopic (exact) mass is 402 g/mol. The van der Waals surface area contributed by atoms with E-state index in [2.05, 4.69) is 9.88 Å². The van der Waals surface area contributed by atoms with Crippen molar-refractivity contribution in [2.45, 2.75) is 11.4 Å². The molecular weight excluding hydrogens is 384 g/mol. The van der Waals surface area contributed by atoms with Gasteiger partial charge in [-0.2, -0.15) is 4.31 Å². The molecule has 2 heterocycles. The van der Waals surface area contributed by atoms with Crippen molar-refractivity contribution in [2.75, 3.05) is 26.2 Å². The van der Waals surface area contributed by atoms with E-state index in [0.29, 0.717) is 25.5 Å². The van der Waals surface area contributed by atoms with E-state index in [1.54, 1.807) is 0 Å². The summed E-state index contributed by atoms with van der Waals surface area (Å²) >= 11 is 0. The van der Waals surface area contributed by atoms with Crippen LogP contribution in [0.2, 0.25) is 0 Å². The molecule has 0 N–H and O–H groups in total. The minimum atomic E-state index is -3.93. The van der Waals surface area contributed by atoms with Gasteiger partial charge in [0.15, 0.2) is 10.5 Å². The summed E-state index contributed by atoms with van der Waals surface area (Å²) in [5.74, 6) is 0.580. The van der Waals surface area contributed by atoms with Gasteiger partial charge in [-0.25, -0.2) is 13.4 Å². The number of benzene rings is 2. The highest BCUT2D eigenvalue weighted by Gasteiger charge is 2.33. The van der Waals surface area contributed by atoms with Crippen LogP contribution in [0.4, 0.5) is 5.69 Å². The third kappa shape index (κ3) is 3.49. The maximum Gasteiger partial charge on any atom is 0.289 e. The number of hydrogen-bond donors (Lipinski definition) is 0. The maximum absolute atomic E-state index is 12.9. The first-order chi connectivity index (χ1) is 13.4. The third-order valence-electron chi connectivity index (χ3n) is 4.71. The molecule has 1 aliphatic heterocycles. The van der Waals surface area contributed by atoms with E-state index in [1.165, 1.54) is 28.6 Å². The summed E-state index contributed by atoms with van der Waals surface area (Å²) in [6, 6.07) is 12.9. The summed E-state index contributed by atoms with van der Waals surface area (Å²) in [4.78, 5) is 16.7. The van der Waals surface area contributed by atoms with Gasteiger partial charge >= 0.3 is 0 Å². The Morgan fingerprint density at radius 1 is 1.04 bits per heavy atom. The van der Waals surface area contributed by atoms with Crippen molar-refractivity contribution in [3.8, 4) is 0 Å². The zero-order valence-corrected chi connectivity index (χ0v) is 15.7. The number of rotatable bonds is 5. The van der Waals surface area contributed by atoms with E-state index in [4.69, 9.17) is 4.42 Å².